The maximum Gasteiger partial charge on any atom is 0.123 e. The number of phenolic OH excluding ortho intramolecular Hbond substituents is 1. The Hall–Kier alpha value is -2.29. The van der Waals surface area contributed by atoms with Crippen molar-refractivity contribution in [3.8, 4) is 5.75 Å². The lowest BCUT2D eigenvalue weighted by Gasteiger charge is -2.07. The van der Waals surface area contributed by atoms with Crippen molar-refractivity contribution in [3.63, 3.8) is 0 Å². The van der Waals surface area contributed by atoms with Crippen molar-refractivity contribution in [2.45, 2.75) is 20.3 Å². The predicted molar refractivity (Wildman–Crippen MR) is 78.6 cm³/mol. The van der Waals surface area contributed by atoms with E-state index in [1.165, 1.54) is 6.07 Å². The van der Waals surface area contributed by atoms with Crippen LogP contribution >= 0.6 is 0 Å². The van der Waals surface area contributed by atoms with E-state index in [1.807, 2.05) is 32.2 Å². The number of aryl methyl sites for hydroxylation is 2. The zero-order chi connectivity index (χ0) is 14.3. The van der Waals surface area contributed by atoms with Gasteiger partial charge >= 0.3 is 0 Å². The Balaban J connectivity index is 2.03. The fourth-order valence-electron chi connectivity index (χ4n) is 2.66. The summed E-state index contributed by atoms with van der Waals surface area (Å²) < 4.78 is 13.4. The van der Waals surface area contributed by atoms with E-state index in [9.17, 15) is 9.50 Å². The van der Waals surface area contributed by atoms with Gasteiger partial charge in [-0.15, -0.1) is 0 Å². The maximum atomic E-state index is 13.4. The molecule has 0 atom stereocenters. The molecule has 2 aromatic carbocycles. The molecule has 1 aromatic heterocycles. The fraction of sp³-hybridized carbons (Fsp3) is 0.176. The van der Waals surface area contributed by atoms with Gasteiger partial charge in [0.25, 0.3) is 0 Å². The lowest BCUT2D eigenvalue weighted by Crippen LogP contribution is -1.91. The monoisotopic (exact) mass is 269 g/mol. The van der Waals surface area contributed by atoms with E-state index in [-0.39, 0.29) is 5.82 Å². The van der Waals surface area contributed by atoms with Crippen LogP contribution in [0.25, 0.3) is 10.9 Å². The molecule has 0 unspecified atom stereocenters. The zero-order valence-corrected chi connectivity index (χ0v) is 11.5. The minimum atomic E-state index is -0.226. The molecular formula is C17H16FNO. The molecule has 0 amide bonds. The van der Waals surface area contributed by atoms with E-state index < -0.39 is 0 Å². The molecule has 2 nitrogen and oxygen atoms in total. The van der Waals surface area contributed by atoms with E-state index in [0.29, 0.717) is 12.2 Å². The maximum absolute atomic E-state index is 13.4. The van der Waals surface area contributed by atoms with Gasteiger partial charge in [-0.25, -0.2) is 4.39 Å². The van der Waals surface area contributed by atoms with Crippen LogP contribution in [0.3, 0.4) is 0 Å². The van der Waals surface area contributed by atoms with Crippen LogP contribution in [0.1, 0.15) is 22.3 Å². The second kappa shape index (κ2) is 4.67. The molecule has 0 fully saturated rings. The largest absolute Gasteiger partial charge is 0.507 e. The highest BCUT2D eigenvalue weighted by molar-refractivity contribution is 5.83. The van der Waals surface area contributed by atoms with E-state index >= 15 is 0 Å². The van der Waals surface area contributed by atoms with Crippen LogP contribution in [0.15, 0.2) is 36.5 Å². The van der Waals surface area contributed by atoms with Gasteiger partial charge in [0.05, 0.1) is 0 Å². The molecule has 0 radical (unpaired) electrons. The molecule has 20 heavy (non-hydrogen) atoms. The third-order valence-electron chi connectivity index (χ3n) is 3.67. The summed E-state index contributed by atoms with van der Waals surface area (Å²) in [5.41, 5.74) is 4.85. The number of fused-ring (bicyclic) bond motifs is 1. The van der Waals surface area contributed by atoms with Gasteiger partial charge in [0.1, 0.15) is 11.6 Å². The van der Waals surface area contributed by atoms with Crippen molar-refractivity contribution in [1.82, 2.24) is 4.98 Å². The van der Waals surface area contributed by atoms with E-state index in [4.69, 9.17) is 0 Å². The SMILES string of the molecule is Cc1cc(Cc2c[nH]c3ccc(F)cc23)cc(C)c1O. The molecule has 3 heteroatoms. The summed E-state index contributed by atoms with van der Waals surface area (Å²) in [4.78, 5) is 3.16. The lowest BCUT2D eigenvalue weighted by atomic mass is 9.99. The van der Waals surface area contributed by atoms with Crippen LogP contribution in [-0.2, 0) is 6.42 Å². The number of aromatic amines is 1. The zero-order valence-electron chi connectivity index (χ0n) is 11.5. The first kappa shape index (κ1) is 12.7. The first-order valence-corrected chi connectivity index (χ1v) is 6.59. The van der Waals surface area contributed by atoms with Gasteiger partial charge in [-0.2, -0.15) is 0 Å². The molecule has 0 spiro atoms. The van der Waals surface area contributed by atoms with Gasteiger partial charge < -0.3 is 10.1 Å². The summed E-state index contributed by atoms with van der Waals surface area (Å²) in [5.74, 6) is 0.120. The second-order valence-electron chi connectivity index (χ2n) is 5.26. The molecule has 0 saturated heterocycles. The topological polar surface area (TPSA) is 36.0 Å². The highest BCUT2D eigenvalue weighted by atomic mass is 19.1. The Labute approximate surface area is 116 Å². The van der Waals surface area contributed by atoms with Crippen molar-refractivity contribution in [1.29, 1.82) is 0 Å². The molecule has 0 aliphatic carbocycles. The van der Waals surface area contributed by atoms with E-state index in [1.54, 1.807) is 12.1 Å². The number of phenols is 1. The molecule has 1 heterocycles. The molecule has 3 rings (SSSR count). The third-order valence-corrected chi connectivity index (χ3v) is 3.67. The number of benzene rings is 2. The van der Waals surface area contributed by atoms with E-state index in [0.717, 1.165) is 33.2 Å². The third kappa shape index (κ3) is 2.16. The predicted octanol–water partition coefficient (Wildman–Crippen LogP) is 4.22. The minimum absolute atomic E-state index is 0.226. The lowest BCUT2D eigenvalue weighted by molar-refractivity contribution is 0.466. The number of H-pyrrole nitrogens is 1. The van der Waals surface area contributed by atoms with Gasteiger partial charge in [0.2, 0.25) is 0 Å². The molecule has 0 bridgehead atoms. The van der Waals surface area contributed by atoms with Gasteiger partial charge in [0, 0.05) is 17.1 Å². The number of halogens is 1. The Morgan fingerprint density at radius 1 is 1.10 bits per heavy atom. The van der Waals surface area contributed by atoms with Crippen LogP contribution in [0, 0.1) is 19.7 Å². The number of aromatic hydroxyl groups is 1. The summed E-state index contributed by atoms with van der Waals surface area (Å²) in [6.07, 6.45) is 2.63. The van der Waals surface area contributed by atoms with Crippen molar-refractivity contribution < 1.29 is 9.50 Å². The standard InChI is InChI=1S/C17H16FNO/c1-10-5-12(6-11(2)17(10)20)7-13-9-19-16-4-3-14(18)8-15(13)16/h3-6,8-9,19-20H,7H2,1-2H3. The first-order chi connectivity index (χ1) is 9.54. The van der Waals surface area contributed by atoms with Crippen LogP contribution in [0.5, 0.6) is 5.75 Å². The van der Waals surface area contributed by atoms with Crippen molar-refractivity contribution in [2.24, 2.45) is 0 Å². The molecule has 0 aliphatic rings. The molecule has 0 aliphatic heterocycles. The van der Waals surface area contributed by atoms with Crippen molar-refractivity contribution >= 4 is 10.9 Å². The molecule has 3 aromatic rings. The smallest absolute Gasteiger partial charge is 0.123 e. The van der Waals surface area contributed by atoms with Crippen LogP contribution in [-0.4, -0.2) is 10.1 Å². The average Bonchev–Trinajstić information content (AvgIpc) is 2.78. The Bertz CT molecular complexity index is 766. The number of hydrogen-bond donors (Lipinski definition) is 2. The Kier molecular flexibility index (Phi) is 2.97. The van der Waals surface area contributed by atoms with Gasteiger partial charge in [0.15, 0.2) is 0 Å². The minimum Gasteiger partial charge on any atom is -0.507 e. The normalized spacial score (nSPS) is 11.2. The summed E-state index contributed by atoms with van der Waals surface area (Å²) in [5, 5.41) is 10.7. The summed E-state index contributed by atoms with van der Waals surface area (Å²) in [6, 6.07) is 8.71. The first-order valence-electron chi connectivity index (χ1n) is 6.59. The molecule has 0 saturated carbocycles. The highest BCUT2D eigenvalue weighted by Gasteiger charge is 2.08. The van der Waals surface area contributed by atoms with Crippen LogP contribution in [0.2, 0.25) is 0 Å². The van der Waals surface area contributed by atoms with Crippen LogP contribution in [0.4, 0.5) is 4.39 Å². The van der Waals surface area contributed by atoms with E-state index in [2.05, 4.69) is 4.98 Å². The van der Waals surface area contributed by atoms with Gasteiger partial charge in [-0.05, 0) is 60.7 Å². The Morgan fingerprint density at radius 3 is 2.50 bits per heavy atom. The number of nitrogens with one attached hydrogen (secondary N) is 1. The van der Waals surface area contributed by atoms with Crippen LogP contribution < -0.4 is 0 Å². The molecule has 2 N–H and O–H groups in total. The van der Waals surface area contributed by atoms with Crippen molar-refractivity contribution in [2.75, 3.05) is 0 Å². The second-order valence-corrected chi connectivity index (χ2v) is 5.26. The van der Waals surface area contributed by atoms with Gasteiger partial charge in [-0.3, -0.25) is 0 Å². The number of hydrogen-bond acceptors (Lipinski definition) is 1. The van der Waals surface area contributed by atoms with Gasteiger partial charge in [-0.1, -0.05) is 12.1 Å². The molecule has 102 valence electrons. The van der Waals surface area contributed by atoms with Crippen molar-refractivity contribution in [3.05, 3.63) is 64.6 Å². The average molecular weight is 269 g/mol. The highest BCUT2D eigenvalue weighted by Crippen LogP contribution is 2.26. The summed E-state index contributed by atoms with van der Waals surface area (Å²) >= 11 is 0. The number of aromatic nitrogens is 1. The Morgan fingerprint density at radius 2 is 1.80 bits per heavy atom. The summed E-state index contributed by atoms with van der Waals surface area (Å²) in [7, 11) is 0. The number of rotatable bonds is 2. The summed E-state index contributed by atoms with van der Waals surface area (Å²) in [6.45, 7) is 3.78. The quantitative estimate of drug-likeness (QED) is 0.718. The molecular weight excluding hydrogens is 253 g/mol. The fourth-order valence-corrected chi connectivity index (χ4v) is 2.66.